The Morgan fingerprint density at radius 2 is 1.80 bits per heavy atom. The molecule has 0 radical (unpaired) electrons. The third-order valence-corrected chi connectivity index (χ3v) is 4.25. The topological polar surface area (TPSA) is 49.5 Å². The van der Waals surface area contributed by atoms with Gasteiger partial charge in [0.2, 0.25) is 0 Å². The van der Waals surface area contributed by atoms with Gasteiger partial charge < -0.3 is 10.8 Å². The van der Waals surface area contributed by atoms with Gasteiger partial charge in [0.05, 0.1) is 5.60 Å². The fourth-order valence-electron chi connectivity index (χ4n) is 2.75. The van der Waals surface area contributed by atoms with Gasteiger partial charge in [0.15, 0.2) is 0 Å². The first-order valence-electron chi connectivity index (χ1n) is 6.20. The average molecular weight is 212 g/mol. The molecule has 0 spiro atoms. The lowest BCUT2D eigenvalue weighted by molar-refractivity contribution is -0.00379. The van der Waals surface area contributed by atoms with Gasteiger partial charge in [-0.2, -0.15) is 0 Å². The quantitative estimate of drug-likeness (QED) is 0.720. The van der Waals surface area contributed by atoms with E-state index in [1.807, 2.05) is 0 Å². The molecule has 1 aliphatic heterocycles. The maximum atomic E-state index is 10.4. The van der Waals surface area contributed by atoms with Crippen LogP contribution in [0.1, 0.15) is 26.7 Å². The normalized spacial score (nSPS) is 36.8. The molecule has 3 unspecified atom stereocenters. The predicted molar refractivity (Wildman–Crippen MR) is 61.5 cm³/mol. The van der Waals surface area contributed by atoms with E-state index in [2.05, 4.69) is 18.7 Å². The Labute approximate surface area is 92.6 Å². The molecule has 3 atom stereocenters. The summed E-state index contributed by atoms with van der Waals surface area (Å²) in [6, 6.07) is 0. The van der Waals surface area contributed by atoms with Crippen molar-refractivity contribution >= 4 is 0 Å². The summed E-state index contributed by atoms with van der Waals surface area (Å²) >= 11 is 0. The minimum atomic E-state index is -0.607. The molecule has 0 aromatic carbocycles. The van der Waals surface area contributed by atoms with E-state index in [0.717, 1.165) is 44.3 Å². The third-order valence-electron chi connectivity index (χ3n) is 4.25. The lowest BCUT2D eigenvalue weighted by Crippen LogP contribution is -2.49. The van der Waals surface area contributed by atoms with Gasteiger partial charge in [0, 0.05) is 26.2 Å². The summed E-state index contributed by atoms with van der Waals surface area (Å²) in [6.07, 6.45) is 2.32. The molecule has 2 rings (SSSR count). The Bertz CT molecular complexity index is 220. The third kappa shape index (κ3) is 2.35. The first kappa shape index (κ1) is 11.4. The SMILES string of the molecule is CC1CN(CC(O)(CN)C2CC2)CC1C. The van der Waals surface area contributed by atoms with Crippen LogP contribution >= 0.6 is 0 Å². The van der Waals surface area contributed by atoms with Crippen LogP contribution < -0.4 is 5.73 Å². The van der Waals surface area contributed by atoms with Crippen molar-refractivity contribution in [2.45, 2.75) is 32.3 Å². The zero-order valence-corrected chi connectivity index (χ0v) is 9.95. The minimum Gasteiger partial charge on any atom is -0.387 e. The molecule has 0 bridgehead atoms. The Balaban J connectivity index is 1.90. The molecule has 0 aromatic rings. The monoisotopic (exact) mass is 212 g/mol. The largest absolute Gasteiger partial charge is 0.387 e. The second-order valence-electron chi connectivity index (χ2n) is 5.73. The summed E-state index contributed by atoms with van der Waals surface area (Å²) in [5, 5.41) is 10.4. The van der Waals surface area contributed by atoms with Crippen LogP contribution in [0.3, 0.4) is 0 Å². The summed E-state index contributed by atoms with van der Waals surface area (Å²) in [5.74, 6) is 1.98. The van der Waals surface area contributed by atoms with Crippen molar-refractivity contribution in [1.82, 2.24) is 4.90 Å². The summed E-state index contributed by atoms with van der Waals surface area (Å²) in [6.45, 7) is 8.03. The summed E-state index contributed by atoms with van der Waals surface area (Å²) in [7, 11) is 0. The van der Waals surface area contributed by atoms with E-state index in [4.69, 9.17) is 5.73 Å². The predicted octanol–water partition coefficient (Wildman–Crippen LogP) is 0.674. The number of aliphatic hydroxyl groups is 1. The van der Waals surface area contributed by atoms with E-state index in [1.54, 1.807) is 0 Å². The number of nitrogens with zero attached hydrogens (tertiary/aromatic N) is 1. The molecule has 88 valence electrons. The number of rotatable bonds is 4. The van der Waals surface area contributed by atoms with Crippen molar-refractivity contribution < 1.29 is 5.11 Å². The molecular formula is C12H24N2O. The number of β-amino-alcohol motifs (C(OH)–C–C–N with tert-alkyl or cyclic N) is 1. The average Bonchev–Trinajstić information content (AvgIpc) is 2.96. The highest BCUT2D eigenvalue weighted by Crippen LogP contribution is 2.40. The standard InChI is InChI=1S/C12H24N2O/c1-9-5-14(6-10(9)2)8-12(15,7-13)11-3-4-11/h9-11,15H,3-8,13H2,1-2H3. The first-order valence-corrected chi connectivity index (χ1v) is 6.20. The van der Waals surface area contributed by atoms with Gasteiger partial charge in [-0.05, 0) is 30.6 Å². The maximum absolute atomic E-state index is 10.4. The smallest absolute Gasteiger partial charge is 0.0923 e. The van der Waals surface area contributed by atoms with Gasteiger partial charge in [-0.1, -0.05) is 13.8 Å². The van der Waals surface area contributed by atoms with E-state index in [-0.39, 0.29) is 0 Å². The van der Waals surface area contributed by atoms with Crippen LogP contribution in [0.4, 0.5) is 0 Å². The lowest BCUT2D eigenvalue weighted by atomic mass is 9.97. The van der Waals surface area contributed by atoms with Crippen molar-refractivity contribution in [2.24, 2.45) is 23.5 Å². The minimum absolute atomic E-state index is 0.414. The Morgan fingerprint density at radius 3 is 2.20 bits per heavy atom. The number of nitrogens with two attached hydrogens (primary N) is 1. The van der Waals surface area contributed by atoms with Crippen LogP contribution in [0.5, 0.6) is 0 Å². The van der Waals surface area contributed by atoms with Crippen molar-refractivity contribution in [3.63, 3.8) is 0 Å². The maximum Gasteiger partial charge on any atom is 0.0923 e. The number of hydrogen-bond donors (Lipinski definition) is 2. The van der Waals surface area contributed by atoms with Crippen LogP contribution in [-0.2, 0) is 0 Å². The van der Waals surface area contributed by atoms with Gasteiger partial charge in [0.25, 0.3) is 0 Å². The molecule has 3 N–H and O–H groups in total. The molecule has 3 nitrogen and oxygen atoms in total. The highest BCUT2D eigenvalue weighted by atomic mass is 16.3. The fraction of sp³-hybridized carbons (Fsp3) is 1.00. The summed E-state index contributed by atoms with van der Waals surface area (Å²) in [5.41, 5.74) is 5.11. The van der Waals surface area contributed by atoms with E-state index in [9.17, 15) is 5.11 Å². The second-order valence-corrected chi connectivity index (χ2v) is 5.73. The van der Waals surface area contributed by atoms with Crippen LogP contribution in [0, 0.1) is 17.8 Å². The molecule has 1 saturated heterocycles. The molecule has 0 aromatic heterocycles. The molecule has 1 aliphatic carbocycles. The van der Waals surface area contributed by atoms with Gasteiger partial charge in [-0.15, -0.1) is 0 Å². The molecule has 2 aliphatic rings. The number of likely N-dealkylation sites (tertiary alicyclic amines) is 1. The van der Waals surface area contributed by atoms with Crippen LogP contribution in [0.15, 0.2) is 0 Å². The van der Waals surface area contributed by atoms with E-state index in [0.29, 0.717) is 12.5 Å². The highest BCUT2D eigenvalue weighted by molar-refractivity contribution is 4.98. The molecule has 3 heteroatoms. The van der Waals surface area contributed by atoms with Crippen LogP contribution in [0.25, 0.3) is 0 Å². The molecule has 2 fully saturated rings. The summed E-state index contributed by atoms with van der Waals surface area (Å²) < 4.78 is 0. The van der Waals surface area contributed by atoms with Crippen molar-refractivity contribution in [3.8, 4) is 0 Å². The van der Waals surface area contributed by atoms with E-state index in [1.165, 1.54) is 0 Å². The van der Waals surface area contributed by atoms with E-state index < -0.39 is 5.60 Å². The van der Waals surface area contributed by atoms with Gasteiger partial charge in [-0.25, -0.2) is 0 Å². The lowest BCUT2D eigenvalue weighted by Gasteiger charge is -2.31. The zero-order valence-electron chi connectivity index (χ0n) is 9.95. The van der Waals surface area contributed by atoms with Crippen LogP contribution in [0.2, 0.25) is 0 Å². The van der Waals surface area contributed by atoms with Crippen molar-refractivity contribution in [3.05, 3.63) is 0 Å². The Kier molecular flexibility index (Phi) is 3.06. The van der Waals surface area contributed by atoms with Crippen LogP contribution in [-0.4, -0.2) is 41.8 Å². The molecule has 15 heavy (non-hydrogen) atoms. The number of hydrogen-bond acceptors (Lipinski definition) is 3. The molecule has 0 amide bonds. The van der Waals surface area contributed by atoms with Crippen molar-refractivity contribution in [2.75, 3.05) is 26.2 Å². The first-order chi connectivity index (χ1) is 7.05. The van der Waals surface area contributed by atoms with E-state index >= 15 is 0 Å². The Hall–Kier alpha value is -0.120. The molecule has 1 saturated carbocycles. The van der Waals surface area contributed by atoms with Gasteiger partial charge in [-0.3, -0.25) is 4.90 Å². The van der Waals surface area contributed by atoms with Gasteiger partial charge in [0.1, 0.15) is 0 Å². The Morgan fingerprint density at radius 1 is 1.27 bits per heavy atom. The summed E-state index contributed by atoms with van der Waals surface area (Å²) in [4.78, 5) is 2.39. The zero-order chi connectivity index (χ0) is 11.1. The second kappa shape index (κ2) is 4.04. The highest BCUT2D eigenvalue weighted by Gasteiger charge is 2.44. The molecule has 1 heterocycles. The van der Waals surface area contributed by atoms with Gasteiger partial charge >= 0.3 is 0 Å². The fourth-order valence-corrected chi connectivity index (χ4v) is 2.75. The molecular weight excluding hydrogens is 188 g/mol. The van der Waals surface area contributed by atoms with Crippen molar-refractivity contribution in [1.29, 1.82) is 0 Å².